The Morgan fingerprint density at radius 1 is 1.38 bits per heavy atom. The molecular formula is C7H4BrIO4. The van der Waals surface area contributed by atoms with Crippen LogP contribution in [0.3, 0.4) is 0 Å². The monoisotopic (exact) mass is 358 g/mol. The lowest BCUT2D eigenvalue weighted by molar-refractivity contribution is 0.0695. The highest BCUT2D eigenvalue weighted by atomic mass is 127. The summed E-state index contributed by atoms with van der Waals surface area (Å²) >= 11 is -0.647. The summed E-state index contributed by atoms with van der Waals surface area (Å²) in [7, 11) is 0. The number of halogens is 2. The summed E-state index contributed by atoms with van der Waals surface area (Å²) in [6, 6.07) is 4.07. The Hall–Kier alpha value is -0.500. The Morgan fingerprint density at radius 2 is 2.00 bits per heavy atom. The molecule has 0 amide bonds. The third kappa shape index (κ3) is 2.47. The van der Waals surface area contributed by atoms with Gasteiger partial charge in [0.25, 0.3) is 0 Å². The Morgan fingerprint density at radius 3 is 2.46 bits per heavy atom. The zero-order valence-electron chi connectivity index (χ0n) is 6.16. The van der Waals surface area contributed by atoms with Crippen molar-refractivity contribution in [2.75, 3.05) is 0 Å². The molecular weight excluding hydrogens is 355 g/mol. The molecule has 0 aliphatic heterocycles. The third-order valence-corrected chi connectivity index (χ3v) is 3.71. The molecule has 0 heterocycles. The summed E-state index contributed by atoms with van der Waals surface area (Å²) in [5.74, 6) is -1.23. The van der Waals surface area contributed by atoms with Gasteiger partial charge in [0.15, 0.2) is 0 Å². The second kappa shape index (κ2) is 4.14. The zero-order chi connectivity index (χ0) is 10.0. The van der Waals surface area contributed by atoms with E-state index in [2.05, 4.69) is 15.9 Å². The van der Waals surface area contributed by atoms with E-state index in [0.29, 0.717) is 4.47 Å². The standard InChI is InChI=1S/C7H4BrIO4/c8-4-1-2-6(9(12)13)5(3-4)7(10)11/h1-3H,(H,10,11). The van der Waals surface area contributed by atoms with Crippen molar-refractivity contribution in [1.29, 1.82) is 0 Å². The fourth-order valence-corrected chi connectivity index (χ4v) is 2.49. The van der Waals surface area contributed by atoms with Crippen LogP contribution >= 0.6 is 35.7 Å². The van der Waals surface area contributed by atoms with E-state index in [0.717, 1.165) is 0 Å². The normalized spacial score (nSPS) is 10.3. The second-order valence-corrected chi connectivity index (χ2v) is 5.46. The van der Waals surface area contributed by atoms with E-state index in [1.165, 1.54) is 18.2 Å². The van der Waals surface area contributed by atoms with Gasteiger partial charge >= 0.3 is 25.8 Å². The molecule has 4 nitrogen and oxygen atoms in total. The smallest absolute Gasteiger partial charge is 0.341 e. The number of aromatic carboxylic acids is 1. The molecule has 0 radical (unpaired) electrons. The lowest BCUT2D eigenvalue weighted by Gasteiger charge is -1.97. The first kappa shape index (κ1) is 10.6. The van der Waals surface area contributed by atoms with E-state index in [-0.39, 0.29) is 9.13 Å². The number of carboxylic acids is 1. The number of carbonyl (C=O) groups is 1. The molecule has 6 heteroatoms. The number of benzene rings is 1. The highest BCUT2D eigenvalue weighted by molar-refractivity contribution is 14.2. The maximum Gasteiger partial charge on any atom is 0.341 e. The lowest BCUT2D eigenvalue weighted by atomic mass is 10.2. The molecule has 0 aliphatic rings. The SMILES string of the molecule is O=C(O)c1cc(Br)ccc1I(=O)=O. The second-order valence-electron chi connectivity index (χ2n) is 2.15. The van der Waals surface area contributed by atoms with Gasteiger partial charge in [0.2, 0.25) is 0 Å². The predicted molar refractivity (Wildman–Crippen MR) is 55.2 cm³/mol. The average Bonchev–Trinajstić information content (AvgIpc) is 2.03. The van der Waals surface area contributed by atoms with Crippen LogP contribution in [0.1, 0.15) is 10.4 Å². The fraction of sp³-hybridized carbons (Fsp3) is 0. The van der Waals surface area contributed by atoms with E-state index in [1.54, 1.807) is 0 Å². The molecule has 0 fully saturated rings. The van der Waals surface area contributed by atoms with E-state index in [4.69, 9.17) is 5.11 Å². The Labute approximate surface area is 89.2 Å². The Bertz CT molecular complexity index is 417. The molecule has 70 valence electrons. The van der Waals surface area contributed by atoms with Crippen molar-refractivity contribution >= 4 is 41.7 Å². The van der Waals surface area contributed by atoms with Gasteiger partial charge in [-0.2, -0.15) is 0 Å². The van der Waals surface area contributed by atoms with Gasteiger partial charge in [-0.05, 0) is 18.2 Å². The first-order valence-corrected chi connectivity index (χ1v) is 6.74. The number of carboxylic acid groups (broad SMARTS) is 1. The topological polar surface area (TPSA) is 71.4 Å². The molecule has 0 saturated carbocycles. The molecule has 0 saturated heterocycles. The first-order chi connectivity index (χ1) is 6.02. The molecule has 13 heavy (non-hydrogen) atoms. The van der Waals surface area contributed by atoms with Crippen LogP contribution in [0.15, 0.2) is 22.7 Å². The van der Waals surface area contributed by atoms with Crippen LogP contribution in [0.25, 0.3) is 0 Å². The van der Waals surface area contributed by atoms with Gasteiger partial charge in [0, 0.05) is 4.47 Å². The number of rotatable bonds is 2. The Kier molecular flexibility index (Phi) is 3.37. The molecule has 0 aliphatic carbocycles. The van der Waals surface area contributed by atoms with Crippen LogP contribution in [0.2, 0.25) is 0 Å². The molecule has 0 unspecified atom stereocenters. The summed E-state index contributed by atoms with van der Waals surface area (Å²) in [5.41, 5.74) is -0.176. The van der Waals surface area contributed by atoms with Crippen molar-refractivity contribution in [2.45, 2.75) is 0 Å². The predicted octanol–water partition coefficient (Wildman–Crippen LogP) is 2.51. The van der Waals surface area contributed by atoms with Gasteiger partial charge < -0.3 is 5.11 Å². The summed E-state index contributed by atoms with van der Waals surface area (Å²) in [6.07, 6.45) is 0. The fourth-order valence-electron chi connectivity index (χ4n) is 0.796. The minimum atomic E-state index is -3.71. The van der Waals surface area contributed by atoms with Crippen LogP contribution in [0.5, 0.6) is 0 Å². The van der Waals surface area contributed by atoms with Crippen LogP contribution in [-0.4, -0.2) is 11.1 Å². The zero-order valence-corrected chi connectivity index (χ0v) is 9.90. The van der Waals surface area contributed by atoms with Crippen LogP contribution in [0.4, 0.5) is 0 Å². The minimum Gasteiger partial charge on any atom is -0.478 e. The van der Waals surface area contributed by atoms with Crippen LogP contribution in [-0.2, 0) is 6.14 Å². The van der Waals surface area contributed by atoms with Gasteiger partial charge in [-0.1, -0.05) is 15.9 Å². The van der Waals surface area contributed by atoms with Crippen molar-refractivity contribution in [3.8, 4) is 0 Å². The molecule has 1 rings (SSSR count). The van der Waals surface area contributed by atoms with Crippen LogP contribution < -0.4 is 0 Å². The van der Waals surface area contributed by atoms with E-state index >= 15 is 0 Å². The average molecular weight is 359 g/mol. The molecule has 1 aromatic rings. The van der Waals surface area contributed by atoms with Crippen molar-refractivity contribution < 1.29 is 16.0 Å². The van der Waals surface area contributed by atoms with Crippen LogP contribution in [0, 0.1) is 3.57 Å². The van der Waals surface area contributed by atoms with Gasteiger partial charge in [0.1, 0.15) is 0 Å². The van der Waals surface area contributed by atoms with Gasteiger partial charge in [0.05, 0.1) is 9.13 Å². The van der Waals surface area contributed by atoms with E-state index in [1.807, 2.05) is 0 Å². The molecule has 0 aromatic heterocycles. The lowest BCUT2D eigenvalue weighted by Crippen LogP contribution is -1.99. The minimum absolute atomic E-state index is 0.0834. The van der Waals surface area contributed by atoms with Crippen molar-refractivity contribution in [1.82, 2.24) is 0 Å². The third-order valence-electron chi connectivity index (χ3n) is 1.33. The highest BCUT2D eigenvalue weighted by Crippen LogP contribution is 2.24. The van der Waals surface area contributed by atoms with Gasteiger partial charge in [-0.3, -0.25) is 0 Å². The molecule has 1 aromatic carbocycles. The van der Waals surface area contributed by atoms with E-state index < -0.39 is 25.8 Å². The largest absolute Gasteiger partial charge is 0.478 e. The molecule has 0 bridgehead atoms. The highest BCUT2D eigenvalue weighted by Gasteiger charge is 2.13. The molecule has 0 spiro atoms. The summed E-state index contributed by atoms with van der Waals surface area (Å²) < 4.78 is 21.8. The molecule has 0 atom stereocenters. The van der Waals surface area contributed by atoms with Crippen molar-refractivity contribution in [3.63, 3.8) is 0 Å². The summed E-state index contributed by atoms with van der Waals surface area (Å²) in [5, 5.41) is 8.67. The summed E-state index contributed by atoms with van der Waals surface area (Å²) in [4.78, 5) is 10.6. The quantitative estimate of drug-likeness (QED) is 0.824. The van der Waals surface area contributed by atoms with Gasteiger partial charge in [-0.15, -0.1) is 0 Å². The number of hydrogen-bond acceptors (Lipinski definition) is 3. The maximum absolute atomic E-state index is 10.7. The van der Waals surface area contributed by atoms with Gasteiger partial charge in [-0.25, -0.2) is 10.9 Å². The van der Waals surface area contributed by atoms with Crippen molar-refractivity contribution in [2.24, 2.45) is 0 Å². The first-order valence-electron chi connectivity index (χ1n) is 3.10. The van der Waals surface area contributed by atoms with Crippen molar-refractivity contribution in [3.05, 3.63) is 31.8 Å². The maximum atomic E-state index is 10.7. The molecule has 1 N–H and O–H groups in total. The Balaban J connectivity index is 3.44. The van der Waals surface area contributed by atoms with E-state index in [9.17, 15) is 10.9 Å². The summed E-state index contributed by atoms with van der Waals surface area (Å²) in [6.45, 7) is 0. The number of hydrogen-bond donors (Lipinski definition) is 1.